The number of hydrogen-bond donors (Lipinski definition) is 1. The van der Waals surface area contributed by atoms with Crippen LogP contribution < -0.4 is 0 Å². The summed E-state index contributed by atoms with van der Waals surface area (Å²) in [6, 6.07) is 0. The highest BCUT2D eigenvalue weighted by Crippen LogP contribution is 2.16. The Bertz CT molecular complexity index is 645. The van der Waals surface area contributed by atoms with Crippen molar-refractivity contribution >= 4 is 5.97 Å². The van der Waals surface area contributed by atoms with Gasteiger partial charge in [-0.1, -0.05) is 175 Å². The SMILES string of the molecule is CCCCCCCCCOC(=O)CCCCCCCN(CCO)CCCCCCCCCC(OCCCCCCCC)OCCCCCCCC. The van der Waals surface area contributed by atoms with Crippen LogP contribution in [-0.2, 0) is 19.0 Å². The molecule has 6 nitrogen and oxygen atoms in total. The first-order valence-corrected chi connectivity index (χ1v) is 22.9. The summed E-state index contributed by atoms with van der Waals surface area (Å²) in [5.41, 5.74) is 0. The minimum absolute atomic E-state index is 0.0121. The van der Waals surface area contributed by atoms with Gasteiger partial charge in [-0.3, -0.25) is 4.79 Å². The number of aliphatic hydroxyl groups excluding tert-OH is 1. The Morgan fingerprint density at radius 2 is 0.824 bits per heavy atom. The minimum Gasteiger partial charge on any atom is -0.466 e. The number of hydrogen-bond acceptors (Lipinski definition) is 6. The van der Waals surface area contributed by atoms with Crippen molar-refractivity contribution in [1.82, 2.24) is 4.90 Å². The normalized spacial score (nSPS) is 11.7. The lowest BCUT2D eigenvalue weighted by atomic mass is 10.1. The van der Waals surface area contributed by atoms with Gasteiger partial charge in [0.25, 0.3) is 0 Å². The summed E-state index contributed by atoms with van der Waals surface area (Å²) in [4.78, 5) is 14.4. The molecule has 0 saturated carbocycles. The van der Waals surface area contributed by atoms with Gasteiger partial charge in [-0.2, -0.15) is 0 Å². The molecule has 0 bridgehead atoms. The fourth-order valence-electron chi connectivity index (χ4n) is 6.87. The minimum atomic E-state index is -0.0175. The summed E-state index contributed by atoms with van der Waals surface area (Å²) in [5, 5.41) is 9.56. The van der Waals surface area contributed by atoms with E-state index in [9.17, 15) is 9.90 Å². The van der Waals surface area contributed by atoms with Crippen LogP contribution in [0.4, 0.5) is 0 Å². The third-order valence-corrected chi connectivity index (χ3v) is 10.3. The summed E-state index contributed by atoms with van der Waals surface area (Å²) in [7, 11) is 0. The van der Waals surface area contributed by atoms with E-state index in [0.717, 1.165) is 71.4 Å². The van der Waals surface area contributed by atoms with Crippen LogP contribution in [0.15, 0.2) is 0 Å². The Morgan fingerprint density at radius 3 is 1.27 bits per heavy atom. The van der Waals surface area contributed by atoms with E-state index in [4.69, 9.17) is 14.2 Å². The first-order valence-electron chi connectivity index (χ1n) is 22.9. The lowest BCUT2D eigenvalue weighted by Gasteiger charge is -2.21. The predicted octanol–water partition coefficient (Wildman–Crippen LogP) is 13.1. The number of nitrogens with zero attached hydrogens (tertiary/aromatic N) is 1. The van der Waals surface area contributed by atoms with Gasteiger partial charge in [0.15, 0.2) is 6.29 Å². The van der Waals surface area contributed by atoms with Crippen molar-refractivity contribution in [3.05, 3.63) is 0 Å². The zero-order chi connectivity index (χ0) is 37.1. The van der Waals surface area contributed by atoms with E-state index in [2.05, 4.69) is 25.7 Å². The molecule has 0 rings (SSSR count). The van der Waals surface area contributed by atoms with E-state index in [0.29, 0.717) is 13.0 Å². The number of aliphatic hydroxyl groups is 1. The third-order valence-electron chi connectivity index (χ3n) is 10.3. The molecule has 306 valence electrons. The molecule has 0 radical (unpaired) electrons. The highest BCUT2D eigenvalue weighted by molar-refractivity contribution is 5.69. The predicted molar refractivity (Wildman–Crippen MR) is 220 cm³/mol. The summed E-state index contributed by atoms with van der Waals surface area (Å²) in [5.74, 6) is -0.0175. The summed E-state index contributed by atoms with van der Waals surface area (Å²) < 4.78 is 17.9. The van der Waals surface area contributed by atoms with Crippen LogP contribution in [0.1, 0.15) is 233 Å². The van der Waals surface area contributed by atoms with Gasteiger partial charge in [0.1, 0.15) is 0 Å². The number of carbonyl (C=O) groups is 1. The molecule has 6 heteroatoms. The van der Waals surface area contributed by atoms with Crippen molar-refractivity contribution in [1.29, 1.82) is 0 Å². The number of rotatable bonds is 44. The molecule has 0 aliphatic rings. The molecule has 0 fully saturated rings. The topological polar surface area (TPSA) is 68.2 Å². The fourth-order valence-corrected chi connectivity index (χ4v) is 6.87. The molecule has 0 atom stereocenters. The highest BCUT2D eigenvalue weighted by Gasteiger charge is 2.10. The maximum Gasteiger partial charge on any atom is 0.305 e. The first kappa shape index (κ1) is 50.3. The van der Waals surface area contributed by atoms with E-state index in [1.165, 1.54) is 167 Å². The molecule has 0 saturated heterocycles. The number of ether oxygens (including phenoxy) is 3. The van der Waals surface area contributed by atoms with E-state index < -0.39 is 0 Å². The van der Waals surface area contributed by atoms with Crippen LogP contribution in [0.3, 0.4) is 0 Å². The largest absolute Gasteiger partial charge is 0.466 e. The van der Waals surface area contributed by atoms with Crippen molar-refractivity contribution in [3.63, 3.8) is 0 Å². The van der Waals surface area contributed by atoms with Gasteiger partial charge in [0.05, 0.1) is 13.2 Å². The van der Waals surface area contributed by atoms with Crippen molar-refractivity contribution < 1.29 is 24.1 Å². The van der Waals surface area contributed by atoms with Crippen LogP contribution in [0, 0.1) is 0 Å². The van der Waals surface area contributed by atoms with Crippen LogP contribution >= 0.6 is 0 Å². The van der Waals surface area contributed by atoms with Gasteiger partial charge in [0, 0.05) is 26.2 Å². The molecule has 0 aromatic carbocycles. The lowest BCUT2D eigenvalue weighted by molar-refractivity contribution is -0.148. The molecular weight excluding hydrogens is 634 g/mol. The smallest absolute Gasteiger partial charge is 0.305 e. The molecule has 0 aliphatic carbocycles. The highest BCUT2D eigenvalue weighted by atomic mass is 16.7. The average molecular weight is 726 g/mol. The Morgan fingerprint density at radius 1 is 0.451 bits per heavy atom. The standard InChI is InChI=1S/C45H91NO5/c1-4-7-10-13-19-27-32-41-49-44(48)35-28-21-20-24-31-38-46(39-40-47)37-30-23-18-16-17-22-29-36-45(50-42-33-25-14-11-8-5-2)51-43-34-26-15-12-9-6-3/h45,47H,4-43H2,1-3H3. The molecule has 51 heavy (non-hydrogen) atoms. The molecule has 1 N–H and O–H groups in total. The number of unbranched alkanes of at least 4 members (excludes halogenated alkanes) is 26. The monoisotopic (exact) mass is 726 g/mol. The average Bonchev–Trinajstić information content (AvgIpc) is 3.13. The Labute approximate surface area is 319 Å². The molecule has 0 aromatic rings. The van der Waals surface area contributed by atoms with Crippen molar-refractivity contribution in [3.8, 4) is 0 Å². The van der Waals surface area contributed by atoms with Gasteiger partial charge < -0.3 is 24.2 Å². The third kappa shape index (κ3) is 40.3. The van der Waals surface area contributed by atoms with Crippen molar-refractivity contribution in [2.75, 3.05) is 46.1 Å². The summed E-state index contributed by atoms with van der Waals surface area (Å²) >= 11 is 0. The van der Waals surface area contributed by atoms with Gasteiger partial charge in [-0.25, -0.2) is 0 Å². The summed E-state index contributed by atoms with van der Waals surface area (Å²) in [6.07, 6.45) is 40.4. The second-order valence-corrected chi connectivity index (χ2v) is 15.4. The van der Waals surface area contributed by atoms with Gasteiger partial charge in [-0.05, 0) is 64.5 Å². The molecule has 0 spiro atoms. The molecule has 0 amide bonds. The molecule has 0 aliphatic heterocycles. The molecular formula is C45H91NO5. The number of esters is 1. The lowest BCUT2D eigenvalue weighted by Crippen LogP contribution is -2.29. The van der Waals surface area contributed by atoms with E-state index in [-0.39, 0.29) is 18.9 Å². The maximum atomic E-state index is 12.0. The van der Waals surface area contributed by atoms with Gasteiger partial charge in [-0.15, -0.1) is 0 Å². The zero-order valence-electron chi connectivity index (χ0n) is 34.9. The second kappa shape index (κ2) is 43.7. The van der Waals surface area contributed by atoms with Gasteiger partial charge >= 0.3 is 5.97 Å². The molecule has 0 aromatic heterocycles. The second-order valence-electron chi connectivity index (χ2n) is 15.4. The summed E-state index contributed by atoms with van der Waals surface area (Å²) in [6.45, 7) is 12.3. The Kier molecular flexibility index (Phi) is 43.1. The van der Waals surface area contributed by atoms with E-state index in [1.807, 2.05) is 0 Å². The maximum absolute atomic E-state index is 12.0. The number of carbonyl (C=O) groups excluding carboxylic acids is 1. The first-order chi connectivity index (χ1) is 25.2. The van der Waals surface area contributed by atoms with Crippen LogP contribution in [0.25, 0.3) is 0 Å². The van der Waals surface area contributed by atoms with Crippen molar-refractivity contribution in [2.45, 2.75) is 239 Å². The van der Waals surface area contributed by atoms with Gasteiger partial charge in [0.2, 0.25) is 0 Å². The zero-order valence-corrected chi connectivity index (χ0v) is 34.9. The van der Waals surface area contributed by atoms with Crippen LogP contribution in [0.2, 0.25) is 0 Å². The Hall–Kier alpha value is -0.690. The Balaban J connectivity index is 3.87. The van der Waals surface area contributed by atoms with Crippen LogP contribution in [-0.4, -0.2) is 68.3 Å². The van der Waals surface area contributed by atoms with Crippen molar-refractivity contribution in [2.24, 2.45) is 0 Å². The van der Waals surface area contributed by atoms with Crippen LogP contribution in [0.5, 0.6) is 0 Å². The van der Waals surface area contributed by atoms with E-state index >= 15 is 0 Å². The van der Waals surface area contributed by atoms with E-state index in [1.54, 1.807) is 0 Å². The molecule has 0 heterocycles. The molecule has 0 unspecified atom stereocenters. The fraction of sp³-hybridized carbons (Fsp3) is 0.978. The quantitative estimate of drug-likeness (QED) is 0.0383.